The zero-order valence-corrected chi connectivity index (χ0v) is 28.5. The molecule has 0 heterocycles. The summed E-state index contributed by atoms with van der Waals surface area (Å²) < 4.78 is 38.4. The zero-order chi connectivity index (χ0) is 32.9. The van der Waals surface area contributed by atoms with Gasteiger partial charge in [-0.15, -0.1) is 0 Å². The average molecular weight is 635 g/mol. The molecule has 0 bridgehead atoms. The van der Waals surface area contributed by atoms with Crippen LogP contribution in [0.3, 0.4) is 0 Å². The minimum absolute atomic E-state index is 0.214. The third kappa shape index (κ3) is 9.77. The van der Waals surface area contributed by atoms with Crippen LogP contribution in [0.5, 0.6) is 0 Å². The summed E-state index contributed by atoms with van der Waals surface area (Å²) in [5.41, 5.74) is 3.96. The summed E-state index contributed by atoms with van der Waals surface area (Å²) in [6.07, 6.45) is 5.24. The predicted molar refractivity (Wildman–Crippen MR) is 180 cm³/mol. The van der Waals surface area contributed by atoms with E-state index in [0.717, 1.165) is 34.2 Å². The molecule has 0 saturated heterocycles. The lowest BCUT2D eigenvalue weighted by Crippen LogP contribution is -2.39. The van der Waals surface area contributed by atoms with Crippen LogP contribution in [0.1, 0.15) is 99.5 Å². The molecular formula is C38H50O6S. The summed E-state index contributed by atoms with van der Waals surface area (Å²) in [6, 6.07) is 23.2. The van der Waals surface area contributed by atoms with E-state index in [-0.39, 0.29) is 18.5 Å². The van der Waals surface area contributed by atoms with Crippen molar-refractivity contribution in [3.8, 4) is 0 Å². The number of hydrogen-bond donors (Lipinski definition) is 0. The lowest BCUT2D eigenvalue weighted by molar-refractivity contribution is -0.149. The molecular weight excluding hydrogens is 584 g/mol. The summed E-state index contributed by atoms with van der Waals surface area (Å²) >= 11 is 0. The van der Waals surface area contributed by atoms with Crippen molar-refractivity contribution in [2.75, 3.05) is 13.2 Å². The molecule has 3 aromatic carbocycles. The Balaban J connectivity index is 1.83. The van der Waals surface area contributed by atoms with Gasteiger partial charge in [-0.1, -0.05) is 103 Å². The van der Waals surface area contributed by atoms with E-state index in [1.165, 1.54) is 0 Å². The minimum atomic E-state index is -3.57. The maximum absolute atomic E-state index is 13.9. The fourth-order valence-electron chi connectivity index (χ4n) is 5.91. The Morgan fingerprint density at radius 3 is 1.60 bits per heavy atom. The SMILES string of the molecule is CCOC(=O)CCCCCC(CCCCC(C(=O)OCC)(c1ccc(C)cc1)c1ccc(C)cc1)S(=O)(=O)c1ccc(C)cc1. The molecule has 1 atom stereocenters. The van der Waals surface area contributed by atoms with Crippen molar-refractivity contribution in [1.82, 2.24) is 0 Å². The maximum Gasteiger partial charge on any atom is 0.321 e. The highest BCUT2D eigenvalue weighted by Crippen LogP contribution is 2.40. The van der Waals surface area contributed by atoms with Gasteiger partial charge in [0, 0.05) is 6.42 Å². The first kappa shape index (κ1) is 36.0. The van der Waals surface area contributed by atoms with Gasteiger partial charge in [0.15, 0.2) is 9.84 Å². The number of ether oxygens (including phenoxy) is 2. The van der Waals surface area contributed by atoms with Crippen molar-refractivity contribution in [2.45, 2.75) is 108 Å². The molecule has 3 rings (SSSR count). The Labute approximate surface area is 270 Å². The molecule has 0 fully saturated rings. The first-order chi connectivity index (χ1) is 21.5. The van der Waals surface area contributed by atoms with Crippen LogP contribution in [-0.4, -0.2) is 38.8 Å². The maximum atomic E-state index is 13.9. The van der Waals surface area contributed by atoms with Gasteiger partial charge >= 0.3 is 11.9 Å². The number of hydrogen-bond acceptors (Lipinski definition) is 6. The highest BCUT2D eigenvalue weighted by Gasteiger charge is 2.43. The van der Waals surface area contributed by atoms with Crippen LogP contribution in [0.2, 0.25) is 0 Å². The van der Waals surface area contributed by atoms with Crippen LogP contribution in [0, 0.1) is 20.8 Å². The molecule has 3 aromatic rings. The van der Waals surface area contributed by atoms with Crippen LogP contribution >= 0.6 is 0 Å². The Kier molecular flexibility index (Phi) is 13.8. The standard InChI is InChI=1S/C38H50O6S/c1-6-43-36(39)15-10-8-9-13-34(45(41,42)35-26-20-31(5)21-27-35)14-11-12-28-38(37(40)44-7-2,32-22-16-29(3)17-23-32)33-24-18-30(4)19-25-33/h16-27,34H,6-15,28H2,1-5H3. The Hall–Kier alpha value is -3.45. The Morgan fingerprint density at radius 1 is 0.644 bits per heavy atom. The molecule has 0 saturated carbocycles. The van der Waals surface area contributed by atoms with Gasteiger partial charge in [0.05, 0.1) is 23.4 Å². The lowest BCUT2D eigenvalue weighted by atomic mass is 9.70. The normalized spacial score (nSPS) is 12.5. The summed E-state index contributed by atoms with van der Waals surface area (Å²) in [5.74, 6) is -0.503. The number of rotatable bonds is 18. The number of esters is 2. The monoisotopic (exact) mass is 634 g/mol. The fourth-order valence-corrected chi connectivity index (χ4v) is 7.77. The van der Waals surface area contributed by atoms with Crippen molar-refractivity contribution >= 4 is 21.8 Å². The molecule has 0 radical (unpaired) electrons. The summed E-state index contributed by atoms with van der Waals surface area (Å²) in [5, 5.41) is -0.557. The van der Waals surface area contributed by atoms with Crippen molar-refractivity contribution in [2.24, 2.45) is 0 Å². The highest BCUT2D eigenvalue weighted by molar-refractivity contribution is 7.92. The number of carbonyl (C=O) groups is 2. The molecule has 1 unspecified atom stereocenters. The molecule has 0 aliphatic rings. The topological polar surface area (TPSA) is 86.7 Å². The molecule has 0 amide bonds. The van der Waals surface area contributed by atoms with Gasteiger partial charge < -0.3 is 9.47 Å². The second-order valence-electron chi connectivity index (χ2n) is 12.0. The van der Waals surface area contributed by atoms with Gasteiger partial charge in [0.2, 0.25) is 0 Å². The Bertz CT molecular complexity index is 1410. The van der Waals surface area contributed by atoms with E-state index in [1.807, 2.05) is 88.4 Å². The average Bonchev–Trinajstić information content (AvgIpc) is 3.01. The Morgan fingerprint density at radius 2 is 1.11 bits per heavy atom. The minimum Gasteiger partial charge on any atom is -0.466 e. The second kappa shape index (κ2) is 17.3. The van der Waals surface area contributed by atoms with Crippen LogP contribution in [0.4, 0.5) is 0 Å². The van der Waals surface area contributed by atoms with E-state index < -0.39 is 20.5 Å². The van der Waals surface area contributed by atoms with Crippen molar-refractivity contribution < 1.29 is 27.5 Å². The van der Waals surface area contributed by atoms with Crippen molar-refractivity contribution in [3.63, 3.8) is 0 Å². The van der Waals surface area contributed by atoms with Crippen LogP contribution < -0.4 is 0 Å². The lowest BCUT2D eigenvalue weighted by Gasteiger charge is -2.33. The van der Waals surface area contributed by atoms with Gasteiger partial charge in [0.1, 0.15) is 5.41 Å². The van der Waals surface area contributed by atoms with Crippen LogP contribution in [0.15, 0.2) is 77.7 Å². The summed E-state index contributed by atoms with van der Waals surface area (Å²) in [7, 11) is -3.57. The first-order valence-electron chi connectivity index (χ1n) is 16.3. The van der Waals surface area contributed by atoms with Crippen LogP contribution in [-0.2, 0) is 34.3 Å². The molecule has 45 heavy (non-hydrogen) atoms. The first-order valence-corrected chi connectivity index (χ1v) is 17.9. The van der Waals surface area contributed by atoms with Gasteiger partial charge in [-0.3, -0.25) is 9.59 Å². The fraction of sp³-hybridized carbons (Fsp3) is 0.474. The number of carbonyl (C=O) groups excluding carboxylic acids is 2. The predicted octanol–water partition coefficient (Wildman–Crippen LogP) is 8.38. The molecule has 6 nitrogen and oxygen atoms in total. The molecule has 0 aliphatic carbocycles. The zero-order valence-electron chi connectivity index (χ0n) is 27.6. The van der Waals surface area contributed by atoms with Crippen molar-refractivity contribution in [3.05, 3.63) is 101 Å². The van der Waals surface area contributed by atoms with Gasteiger partial charge in [-0.25, -0.2) is 8.42 Å². The smallest absolute Gasteiger partial charge is 0.321 e. The third-order valence-corrected chi connectivity index (χ3v) is 10.8. The van der Waals surface area contributed by atoms with Crippen molar-refractivity contribution in [1.29, 1.82) is 0 Å². The molecule has 0 aromatic heterocycles. The molecule has 244 valence electrons. The van der Waals surface area contributed by atoms with E-state index in [4.69, 9.17) is 9.47 Å². The van der Waals surface area contributed by atoms with Gasteiger partial charge in [0.25, 0.3) is 0 Å². The van der Waals surface area contributed by atoms with E-state index in [0.29, 0.717) is 62.9 Å². The van der Waals surface area contributed by atoms with E-state index in [1.54, 1.807) is 19.1 Å². The van der Waals surface area contributed by atoms with Crippen LogP contribution in [0.25, 0.3) is 0 Å². The molecule has 0 N–H and O–H groups in total. The van der Waals surface area contributed by atoms with E-state index in [9.17, 15) is 18.0 Å². The second-order valence-corrected chi connectivity index (χ2v) is 14.2. The molecule has 7 heteroatoms. The summed E-state index contributed by atoms with van der Waals surface area (Å²) in [6.45, 7) is 10.2. The van der Waals surface area contributed by atoms with E-state index >= 15 is 0 Å². The van der Waals surface area contributed by atoms with Gasteiger partial charge in [-0.05, 0) is 83.6 Å². The summed E-state index contributed by atoms with van der Waals surface area (Å²) in [4.78, 5) is 26.0. The molecule has 0 aliphatic heterocycles. The quantitative estimate of drug-likeness (QED) is 0.103. The third-order valence-electron chi connectivity index (χ3n) is 8.54. The molecule has 0 spiro atoms. The van der Waals surface area contributed by atoms with Gasteiger partial charge in [-0.2, -0.15) is 0 Å². The number of aryl methyl sites for hydroxylation is 3. The largest absolute Gasteiger partial charge is 0.466 e. The number of benzene rings is 3. The highest BCUT2D eigenvalue weighted by atomic mass is 32.2. The number of unbranched alkanes of at least 4 members (excludes halogenated alkanes) is 3. The van der Waals surface area contributed by atoms with E-state index in [2.05, 4.69) is 0 Å². The number of sulfone groups is 1.